The predicted octanol–water partition coefficient (Wildman–Crippen LogP) is 1.46. The Morgan fingerprint density at radius 3 is 2.89 bits per heavy atom. The zero-order valence-electron chi connectivity index (χ0n) is 9.51. The molecule has 1 aromatic heterocycles. The lowest BCUT2D eigenvalue weighted by atomic mass is 10.2. The van der Waals surface area contributed by atoms with Crippen LogP contribution < -0.4 is 5.32 Å². The van der Waals surface area contributed by atoms with E-state index < -0.39 is 5.97 Å². The van der Waals surface area contributed by atoms with E-state index in [9.17, 15) is 9.90 Å². The van der Waals surface area contributed by atoms with E-state index in [1.54, 1.807) is 6.07 Å². The van der Waals surface area contributed by atoms with E-state index in [0.717, 1.165) is 12.8 Å². The molecule has 2 aromatic rings. The van der Waals surface area contributed by atoms with Crippen LogP contribution in [0.25, 0.3) is 11.1 Å². The summed E-state index contributed by atoms with van der Waals surface area (Å²) >= 11 is 0. The molecule has 1 aliphatic rings. The summed E-state index contributed by atoms with van der Waals surface area (Å²) in [5, 5.41) is 21.1. The first kappa shape index (κ1) is 11.0. The van der Waals surface area contributed by atoms with Gasteiger partial charge in [0, 0.05) is 0 Å². The fourth-order valence-electron chi connectivity index (χ4n) is 1.81. The minimum Gasteiger partial charge on any atom is -0.478 e. The first-order valence-corrected chi connectivity index (χ1v) is 5.65. The van der Waals surface area contributed by atoms with Crippen molar-refractivity contribution >= 4 is 23.1 Å². The summed E-state index contributed by atoms with van der Waals surface area (Å²) in [6.07, 6.45) is 1.76. The van der Waals surface area contributed by atoms with E-state index in [1.165, 1.54) is 12.1 Å². The van der Waals surface area contributed by atoms with Gasteiger partial charge in [-0.05, 0) is 31.0 Å². The summed E-state index contributed by atoms with van der Waals surface area (Å²) in [5.41, 5.74) is 0.868. The van der Waals surface area contributed by atoms with Crippen molar-refractivity contribution in [1.82, 2.24) is 4.98 Å². The lowest BCUT2D eigenvalue weighted by Gasteiger charge is -2.10. The van der Waals surface area contributed by atoms with Crippen LogP contribution in [0.15, 0.2) is 22.6 Å². The van der Waals surface area contributed by atoms with Crippen molar-refractivity contribution < 1.29 is 19.4 Å². The van der Waals surface area contributed by atoms with Gasteiger partial charge < -0.3 is 19.9 Å². The molecule has 0 amide bonds. The highest BCUT2D eigenvalue weighted by molar-refractivity contribution is 5.92. The molecule has 1 aromatic carbocycles. The Balaban J connectivity index is 1.93. The number of aromatic carboxylic acids is 1. The fourth-order valence-corrected chi connectivity index (χ4v) is 1.81. The number of anilines is 1. The summed E-state index contributed by atoms with van der Waals surface area (Å²) in [4.78, 5) is 15.0. The van der Waals surface area contributed by atoms with Gasteiger partial charge in [0.05, 0.1) is 17.7 Å². The van der Waals surface area contributed by atoms with E-state index >= 15 is 0 Å². The Morgan fingerprint density at radius 1 is 1.50 bits per heavy atom. The molecular formula is C12H12N2O4. The maximum absolute atomic E-state index is 10.8. The van der Waals surface area contributed by atoms with Gasteiger partial charge in [0.15, 0.2) is 5.58 Å². The van der Waals surface area contributed by atoms with Gasteiger partial charge in [-0.3, -0.25) is 0 Å². The van der Waals surface area contributed by atoms with Crippen LogP contribution in [-0.4, -0.2) is 33.3 Å². The molecule has 6 nitrogen and oxygen atoms in total. The molecule has 0 radical (unpaired) electrons. The largest absolute Gasteiger partial charge is 0.478 e. The summed E-state index contributed by atoms with van der Waals surface area (Å²) in [5.74, 6) is -1.00. The third-order valence-corrected chi connectivity index (χ3v) is 3.16. The van der Waals surface area contributed by atoms with Crippen LogP contribution >= 0.6 is 0 Å². The number of aromatic nitrogens is 1. The summed E-state index contributed by atoms with van der Waals surface area (Å²) in [6.45, 7) is 0.0338. The van der Waals surface area contributed by atoms with Crippen molar-refractivity contribution in [2.75, 3.05) is 11.9 Å². The van der Waals surface area contributed by atoms with E-state index in [4.69, 9.17) is 9.52 Å². The molecule has 1 aliphatic carbocycles. The monoisotopic (exact) mass is 248 g/mol. The molecule has 0 saturated heterocycles. The van der Waals surface area contributed by atoms with Gasteiger partial charge in [0.2, 0.25) is 0 Å². The molecule has 3 rings (SSSR count). The number of nitrogens with one attached hydrogen (secondary N) is 1. The Kier molecular flexibility index (Phi) is 2.27. The highest BCUT2D eigenvalue weighted by atomic mass is 16.4. The van der Waals surface area contributed by atoms with Gasteiger partial charge in [-0.2, -0.15) is 4.98 Å². The van der Waals surface area contributed by atoms with Crippen molar-refractivity contribution in [3.8, 4) is 0 Å². The van der Waals surface area contributed by atoms with Crippen molar-refractivity contribution in [3.05, 3.63) is 23.8 Å². The number of carbonyl (C=O) groups is 1. The van der Waals surface area contributed by atoms with Gasteiger partial charge >= 0.3 is 5.97 Å². The SMILES string of the molecule is O=C(O)c1ccc2nc(NC3(CO)CC3)oc2c1. The number of oxazole rings is 1. The highest BCUT2D eigenvalue weighted by Crippen LogP contribution is 2.38. The third-order valence-electron chi connectivity index (χ3n) is 3.16. The number of fused-ring (bicyclic) bond motifs is 1. The van der Waals surface area contributed by atoms with Gasteiger partial charge in [-0.15, -0.1) is 0 Å². The summed E-state index contributed by atoms with van der Waals surface area (Å²) < 4.78 is 5.44. The molecule has 1 heterocycles. The smallest absolute Gasteiger partial charge is 0.335 e. The lowest BCUT2D eigenvalue weighted by molar-refractivity contribution is 0.0697. The van der Waals surface area contributed by atoms with Crippen molar-refractivity contribution in [3.63, 3.8) is 0 Å². The molecule has 6 heteroatoms. The molecule has 0 spiro atoms. The standard InChI is InChI=1S/C12H12N2O4/c15-6-12(3-4-12)14-11-13-8-2-1-7(10(16)17)5-9(8)18-11/h1-2,5,15H,3-4,6H2,(H,13,14)(H,16,17). The molecule has 18 heavy (non-hydrogen) atoms. The molecule has 0 atom stereocenters. The third kappa shape index (κ3) is 1.80. The van der Waals surface area contributed by atoms with Crippen molar-refractivity contribution in [2.45, 2.75) is 18.4 Å². The van der Waals surface area contributed by atoms with Crippen LogP contribution in [0.4, 0.5) is 6.01 Å². The Morgan fingerprint density at radius 2 is 2.28 bits per heavy atom. The van der Waals surface area contributed by atoms with Crippen LogP contribution in [0.2, 0.25) is 0 Å². The maximum Gasteiger partial charge on any atom is 0.335 e. The minimum absolute atomic E-state index is 0.0338. The van der Waals surface area contributed by atoms with E-state index in [1.807, 2.05) is 0 Å². The predicted molar refractivity (Wildman–Crippen MR) is 63.6 cm³/mol. The number of aliphatic hydroxyl groups excluding tert-OH is 1. The molecule has 0 bridgehead atoms. The van der Waals surface area contributed by atoms with Gasteiger partial charge in [-0.25, -0.2) is 4.79 Å². The van der Waals surface area contributed by atoms with Gasteiger partial charge in [-0.1, -0.05) is 0 Å². The molecule has 94 valence electrons. The highest BCUT2D eigenvalue weighted by Gasteiger charge is 2.43. The van der Waals surface area contributed by atoms with Crippen LogP contribution in [0.5, 0.6) is 0 Å². The average Bonchev–Trinajstić information content (AvgIpc) is 3.00. The van der Waals surface area contributed by atoms with Crippen LogP contribution in [0.3, 0.4) is 0 Å². The number of aliphatic hydroxyl groups is 1. The molecular weight excluding hydrogens is 236 g/mol. The zero-order chi connectivity index (χ0) is 12.8. The second kappa shape index (κ2) is 3.71. The maximum atomic E-state index is 10.8. The molecule has 0 aliphatic heterocycles. The first-order valence-electron chi connectivity index (χ1n) is 5.65. The average molecular weight is 248 g/mol. The normalized spacial score (nSPS) is 16.7. The van der Waals surface area contributed by atoms with Crippen molar-refractivity contribution in [2.24, 2.45) is 0 Å². The Bertz CT molecular complexity index is 616. The Labute approximate surface area is 102 Å². The van der Waals surface area contributed by atoms with Gasteiger partial charge in [0.25, 0.3) is 6.01 Å². The van der Waals surface area contributed by atoms with E-state index in [-0.39, 0.29) is 17.7 Å². The van der Waals surface area contributed by atoms with E-state index in [0.29, 0.717) is 17.1 Å². The minimum atomic E-state index is -1.00. The molecule has 0 unspecified atom stereocenters. The number of benzene rings is 1. The Hall–Kier alpha value is -2.08. The van der Waals surface area contributed by atoms with Gasteiger partial charge in [0.1, 0.15) is 5.52 Å². The number of hydrogen-bond donors (Lipinski definition) is 3. The fraction of sp³-hybridized carbons (Fsp3) is 0.333. The number of hydrogen-bond acceptors (Lipinski definition) is 5. The van der Waals surface area contributed by atoms with Crippen LogP contribution in [0, 0.1) is 0 Å². The van der Waals surface area contributed by atoms with Crippen LogP contribution in [-0.2, 0) is 0 Å². The number of nitrogens with zero attached hydrogens (tertiary/aromatic N) is 1. The quantitative estimate of drug-likeness (QED) is 0.758. The summed E-state index contributed by atoms with van der Waals surface area (Å²) in [6, 6.07) is 4.84. The lowest BCUT2D eigenvalue weighted by Crippen LogP contribution is -2.25. The zero-order valence-corrected chi connectivity index (χ0v) is 9.51. The van der Waals surface area contributed by atoms with Crippen LogP contribution in [0.1, 0.15) is 23.2 Å². The number of carboxylic acid groups (broad SMARTS) is 1. The molecule has 3 N–H and O–H groups in total. The van der Waals surface area contributed by atoms with E-state index in [2.05, 4.69) is 10.3 Å². The molecule has 1 fully saturated rings. The molecule has 1 saturated carbocycles. The summed E-state index contributed by atoms with van der Waals surface area (Å²) in [7, 11) is 0. The topological polar surface area (TPSA) is 95.6 Å². The van der Waals surface area contributed by atoms with Crippen molar-refractivity contribution in [1.29, 1.82) is 0 Å². The number of rotatable bonds is 4. The second-order valence-corrected chi connectivity index (χ2v) is 4.57. The second-order valence-electron chi connectivity index (χ2n) is 4.57. The number of carboxylic acids is 1. The first-order chi connectivity index (χ1) is 8.62.